The molecule has 4 aromatic rings. The van der Waals surface area contributed by atoms with Crippen molar-refractivity contribution in [1.29, 1.82) is 0 Å². The minimum absolute atomic E-state index is 0.0756. The second-order valence-electron chi connectivity index (χ2n) is 7.95. The van der Waals surface area contributed by atoms with Crippen molar-refractivity contribution in [3.8, 4) is 11.5 Å². The number of hydrogen-bond acceptors (Lipinski definition) is 5. The lowest BCUT2D eigenvalue weighted by atomic mass is 10.1. The van der Waals surface area contributed by atoms with Crippen molar-refractivity contribution in [2.45, 2.75) is 17.7 Å². The summed E-state index contributed by atoms with van der Waals surface area (Å²) < 4.78 is 40.4. The number of fused-ring (bicyclic) bond motifs is 2. The van der Waals surface area contributed by atoms with Gasteiger partial charge in [-0.25, -0.2) is 17.2 Å². The largest absolute Gasteiger partial charge is 0.490 e. The molecule has 0 saturated heterocycles. The van der Waals surface area contributed by atoms with Crippen LogP contribution in [0.1, 0.15) is 28.0 Å². The Kier molecular flexibility index (Phi) is 5.71. The van der Waals surface area contributed by atoms with E-state index in [0.717, 1.165) is 5.56 Å². The number of carboxylic acid groups (broad SMARTS) is 1. The molecule has 0 aliphatic carbocycles. The van der Waals surface area contributed by atoms with E-state index in [1.54, 1.807) is 42.5 Å². The predicted molar refractivity (Wildman–Crippen MR) is 128 cm³/mol. The van der Waals surface area contributed by atoms with Crippen LogP contribution in [0.15, 0.2) is 71.6 Å². The van der Waals surface area contributed by atoms with Crippen LogP contribution in [0.25, 0.3) is 10.9 Å². The molecule has 5 rings (SSSR count). The summed E-state index contributed by atoms with van der Waals surface area (Å²) in [5.41, 5.74) is 1.95. The molecule has 1 aliphatic rings. The molecule has 174 valence electrons. The molecule has 2 heterocycles. The Hall–Kier alpha value is -3.49. The number of aromatic nitrogens is 1. The van der Waals surface area contributed by atoms with Gasteiger partial charge in [0.25, 0.3) is 10.0 Å². The highest BCUT2D eigenvalue weighted by Crippen LogP contribution is 2.35. The van der Waals surface area contributed by atoms with Crippen molar-refractivity contribution in [3.63, 3.8) is 0 Å². The first-order valence-electron chi connectivity index (χ1n) is 10.6. The first-order valence-corrected chi connectivity index (χ1v) is 12.4. The Balaban J connectivity index is 1.63. The molecule has 0 bridgehead atoms. The summed E-state index contributed by atoms with van der Waals surface area (Å²) in [5, 5.41) is 10.3. The highest BCUT2D eigenvalue weighted by molar-refractivity contribution is 7.90. The molecular formula is C25H20ClNO6S. The highest BCUT2D eigenvalue weighted by atomic mass is 35.5. The SMILES string of the molecule is O=C(O)c1ccc(Cc2cc3cc(Cl)ccc3n2S(=O)(=O)c2ccc3c(c2)OCCCO3)cc1. The van der Waals surface area contributed by atoms with Gasteiger partial charge in [-0.05, 0) is 54.1 Å². The Morgan fingerprint density at radius 1 is 0.941 bits per heavy atom. The van der Waals surface area contributed by atoms with Crippen molar-refractivity contribution in [1.82, 2.24) is 3.97 Å². The van der Waals surface area contributed by atoms with Gasteiger partial charge in [0, 0.05) is 35.0 Å². The average molecular weight is 498 g/mol. The van der Waals surface area contributed by atoms with Crippen molar-refractivity contribution in [3.05, 3.63) is 88.6 Å². The number of nitrogens with zero attached hydrogens (tertiary/aromatic N) is 1. The van der Waals surface area contributed by atoms with Gasteiger partial charge < -0.3 is 14.6 Å². The fourth-order valence-corrected chi connectivity index (χ4v) is 5.75. The van der Waals surface area contributed by atoms with Crippen LogP contribution in [-0.4, -0.2) is 36.7 Å². The molecule has 0 atom stereocenters. The lowest BCUT2D eigenvalue weighted by molar-refractivity contribution is 0.0697. The normalized spacial score (nSPS) is 13.6. The van der Waals surface area contributed by atoms with E-state index in [2.05, 4.69) is 0 Å². The van der Waals surface area contributed by atoms with Gasteiger partial charge in [0.1, 0.15) is 0 Å². The second-order valence-corrected chi connectivity index (χ2v) is 10.2. The minimum atomic E-state index is -4.01. The van der Waals surface area contributed by atoms with Crippen molar-refractivity contribution < 1.29 is 27.8 Å². The van der Waals surface area contributed by atoms with Gasteiger partial charge in [-0.3, -0.25) is 0 Å². The lowest BCUT2D eigenvalue weighted by Crippen LogP contribution is -2.16. The van der Waals surface area contributed by atoms with Crippen LogP contribution < -0.4 is 9.47 Å². The highest BCUT2D eigenvalue weighted by Gasteiger charge is 2.25. The van der Waals surface area contributed by atoms with E-state index in [1.165, 1.54) is 28.2 Å². The summed E-state index contributed by atoms with van der Waals surface area (Å²) in [6.07, 6.45) is 0.987. The van der Waals surface area contributed by atoms with Gasteiger partial charge in [0.15, 0.2) is 11.5 Å². The zero-order valence-corrected chi connectivity index (χ0v) is 19.5. The van der Waals surface area contributed by atoms with E-state index in [1.807, 2.05) is 0 Å². The van der Waals surface area contributed by atoms with Gasteiger partial charge in [-0.1, -0.05) is 23.7 Å². The van der Waals surface area contributed by atoms with E-state index in [9.17, 15) is 13.2 Å². The standard InChI is InChI=1S/C25H20ClNO6S/c26-19-6-8-22-18(13-19)14-20(12-16-2-4-17(5-3-16)25(28)29)27(22)34(30,31)21-7-9-23-24(15-21)33-11-1-10-32-23/h2-9,13-15H,1,10-12H2,(H,28,29). The molecule has 0 amide bonds. The molecule has 1 aliphatic heterocycles. The summed E-state index contributed by atoms with van der Waals surface area (Å²) in [6, 6.07) is 17.8. The van der Waals surface area contributed by atoms with Crippen LogP contribution >= 0.6 is 11.6 Å². The Bertz CT molecular complexity index is 1510. The maximum absolute atomic E-state index is 13.9. The van der Waals surface area contributed by atoms with Gasteiger partial charge in [-0.2, -0.15) is 0 Å². The van der Waals surface area contributed by atoms with Gasteiger partial charge in [0.2, 0.25) is 0 Å². The van der Waals surface area contributed by atoms with Crippen molar-refractivity contribution in [2.24, 2.45) is 0 Å². The molecule has 7 nitrogen and oxygen atoms in total. The summed E-state index contributed by atoms with van der Waals surface area (Å²) >= 11 is 6.17. The third kappa shape index (κ3) is 4.10. The van der Waals surface area contributed by atoms with E-state index in [4.69, 9.17) is 26.2 Å². The second kappa shape index (κ2) is 8.70. The third-order valence-corrected chi connectivity index (χ3v) is 7.63. The quantitative estimate of drug-likeness (QED) is 0.418. The van der Waals surface area contributed by atoms with Gasteiger partial charge in [-0.15, -0.1) is 0 Å². The molecule has 1 N–H and O–H groups in total. The van der Waals surface area contributed by atoms with Gasteiger partial charge in [0.05, 0.1) is 29.2 Å². The lowest BCUT2D eigenvalue weighted by Gasteiger charge is -2.14. The number of rotatable bonds is 5. The van der Waals surface area contributed by atoms with Crippen LogP contribution in [0, 0.1) is 0 Å². The van der Waals surface area contributed by atoms with E-state index >= 15 is 0 Å². The average Bonchev–Trinajstić information content (AvgIpc) is 3.00. The minimum Gasteiger partial charge on any atom is -0.490 e. The van der Waals surface area contributed by atoms with Crippen molar-refractivity contribution >= 4 is 38.5 Å². The molecule has 34 heavy (non-hydrogen) atoms. The van der Waals surface area contributed by atoms with Crippen LogP contribution in [0.4, 0.5) is 0 Å². The fourth-order valence-electron chi connectivity index (χ4n) is 4.01. The van der Waals surface area contributed by atoms with E-state index in [-0.39, 0.29) is 16.9 Å². The first kappa shape index (κ1) is 22.3. The third-order valence-electron chi connectivity index (χ3n) is 5.63. The molecule has 9 heteroatoms. The predicted octanol–water partition coefficient (Wildman–Crippen LogP) is 4.98. The Morgan fingerprint density at radius 3 is 2.41 bits per heavy atom. The molecule has 0 radical (unpaired) electrons. The van der Waals surface area contributed by atoms with E-state index < -0.39 is 16.0 Å². The summed E-state index contributed by atoms with van der Waals surface area (Å²) in [5.74, 6) is -0.115. The van der Waals surface area contributed by atoms with Crippen LogP contribution in [0.2, 0.25) is 5.02 Å². The monoisotopic (exact) mass is 497 g/mol. The van der Waals surface area contributed by atoms with Crippen LogP contribution in [0.5, 0.6) is 11.5 Å². The number of benzene rings is 3. The molecule has 1 aromatic heterocycles. The summed E-state index contributed by atoms with van der Waals surface area (Å²) in [7, 11) is -4.01. The number of halogens is 1. The van der Waals surface area contributed by atoms with Crippen LogP contribution in [-0.2, 0) is 16.4 Å². The number of carbonyl (C=O) groups is 1. The maximum atomic E-state index is 13.9. The molecule has 0 saturated carbocycles. The maximum Gasteiger partial charge on any atom is 0.335 e. The number of ether oxygens (including phenoxy) is 2. The summed E-state index contributed by atoms with van der Waals surface area (Å²) in [6.45, 7) is 0.950. The molecule has 0 fully saturated rings. The zero-order chi connectivity index (χ0) is 23.9. The first-order chi connectivity index (χ1) is 16.3. The zero-order valence-electron chi connectivity index (χ0n) is 17.9. The molecule has 0 spiro atoms. The van der Waals surface area contributed by atoms with Crippen molar-refractivity contribution in [2.75, 3.05) is 13.2 Å². The number of hydrogen-bond donors (Lipinski definition) is 1. The Morgan fingerprint density at radius 2 is 1.68 bits per heavy atom. The van der Waals surface area contributed by atoms with E-state index in [0.29, 0.717) is 52.8 Å². The molecular weight excluding hydrogens is 478 g/mol. The van der Waals surface area contributed by atoms with Crippen LogP contribution in [0.3, 0.4) is 0 Å². The smallest absolute Gasteiger partial charge is 0.335 e. The fraction of sp³-hybridized carbons (Fsp3) is 0.160. The molecule has 3 aromatic carbocycles. The molecule has 0 unspecified atom stereocenters. The summed E-state index contributed by atoms with van der Waals surface area (Å²) in [4.78, 5) is 11.2. The Labute approximate surface area is 201 Å². The topological polar surface area (TPSA) is 94.8 Å². The number of carboxylic acids is 1. The number of aromatic carboxylic acids is 1. The van der Waals surface area contributed by atoms with Gasteiger partial charge >= 0.3 is 5.97 Å².